The van der Waals surface area contributed by atoms with Gasteiger partial charge in [-0.2, -0.15) is 0 Å². The Bertz CT molecular complexity index is 293. The van der Waals surface area contributed by atoms with E-state index < -0.39 is 11.9 Å². The van der Waals surface area contributed by atoms with Crippen molar-refractivity contribution in [3.8, 4) is 0 Å². The van der Waals surface area contributed by atoms with E-state index in [2.05, 4.69) is 0 Å². The molecule has 1 unspecified atom stereocenters. The monoisotopic (exact) mass is 210 g/mol. The molecule has 2 N–H and O–H groups in total. The molecule has 0 aromatic carbocycles. The Balaban J connectivity index is 2.75. The fourth-order valence-electron chi connectivity index (χ4n) is 1.70. The zero-order valence-electron chi connectivity index (χ0n) is 9.32. The molecule has 1 aliphatic heterocycles. The molecule has 1 amide bonds. The lowest BCUT2D eigenvalue weighted by molar-refractivity contribution is -0.133. The lowest BCUT2D eigenvalue weighted by atomic mass is 10.00. The Morgan fingerprint density at radius 1 is 1.47 bits per heavy atom. The second kappa shape index (κ2) is 5.07. The molecule has 4 nitrogen and oxygen atoms in total. The summed E-state index contributed by atoms with van der Waals surface area (Å²) in [7, 11) is 0. The molecule has 0 aliphatic carbocycles. The summed E-state index contributed by atoms with van der Waals surface area (Å²) in [6.45, 7) is 5.28. The lowest BCUT2D eigenvalue weighted by Crippen LogP contribution is -2.55. The van der Waals surface area contributed by atoms with E-state index >= 15 is 0 Å². The second-order valence-electron chi connectivity index (χ2n) is 3.85. The maximum absolute atomic E-state index is 11.9. The standard InChI is InChI=1S/C11H18N2O2/c1-3-5-8(2)10(14)9(11(12)15)13-6-4-7-13/h5,9H,3-4,6-7H2,1-2H3,(H2,12,15). The number of amides is 1. The van der Waals surface area contributed by atoms with E-state index in [1.54, 1.807) is 6.92 Å². The average molecular weight is 210 g/mol. The van der Waals surface area contributed by atoms with Crippen molar-refractivity contribution in [1.29, 1.82) is 0 Å². The molecule has 1 rings (SSSR count). The third-order valence-corrected chi connectivity index (χ3v) is 2.67. The number of likely N-dealkylation sites (tertiary alicyclic amines) is 1. The summed E-state index contributed by atoms with van der Waals surface area (Å²) >= 11 is 0. The number of hydrogen-bond acceptors (Lipinski definition) is 3. The predicted molar refractivity (Wildman–Crippen MR) is 58.2 cm³/mol. The van der Waals surface area contributed by atoms with Crippen LogP contribution in [0.2, 0.25) is 0 Å². The van der Waals surface area contributed by atoms with Crippen LogP contribution in [0.3, 0.4) is 0 Å². The summed E-state index contributed by atoms with van der Waals surface area (Å²) < 4.78 is 0. The smallest absolute Gasteiger partial charge is 0.242 e. The number of allylic oxidation sites excluding steroid dienone is 1. The van der Waals surface area contributed by atoms with Gasteiger partial charge in [0.2, 0.25) is 5.91 Å². The van der Waals surface area contributed by atoms with Gasteiger partial charge in [0.25, 0.3) is 0 Å². The number of primary amides is 1. The predicted octanol–water partition coefficient (Wildman–Crippen LogP) is 0.471. The fourth-order valence-corrected chi connectivity index (χ4v) is 1.70. The zero-order valence-corrected chi connectivity index (χ0v) is 9.32. The highest BCUT2D eigenvalue weighted by atomic mass is 16.2. The van der Waals surface area contributed by atoms with Gasteiger partial charge in [-0.3, -0.25) is 14.5 Å². The molecule has 0 saturated carbocycles. The highest BCUT2D eigenvalue weighted by molar-refractivity contribution is 6.12. The van der Waals surface area contributed by atoms with E-state index in [4.69, 9.17) is 5.73 Å². The van der Waals surface area contributed by atoms with Gasteiger partial charge in [-0.15, -0.1) is 0 Å². The van der Waals surface area contributed by atoms with E-state index in [1.807, 2.05) is 17.9 Å². The molecule has 1 atom stereocenters. The molecule has 0 radical (unpaired) electrons. The number of rotatable bonds is 5. The Morgan fingerprint density at radius 3 is 2.40 bits per heavy atom. The number of hydrogen-bond donors (Lipinski definition) is 1. The highest BCUT2D eigenvalue weighted by Gasteiger charge is 2.34. The van der Waals surface area contributed by atoms with E-state index in [-0.39, 0.29) is 5.78 Å². The maximum atomic E-state index is 11.9. The van der Waals surface area contributed by atoms with Crippen LogP contribution in [0.5, 0.6) is 0 Å². The first kappa shape index (κ1) is 11.9. The topological polar surface area (TPSA) is 63.4 Å². The average Bonchev–Trinajstić information content (AvgIpc) is 2.09. The minimum Gasteiger partial charge on any atom is -0.368 e. The number of ketones is 1. The maximum Gasteiger partial charge on any atom is 0.242 e. The number of carbonyl (C=O) groups is 2. The summed E-state index contributed by atoms with van der Waals surface area (Å²) in [5, 5.41) is 0. The third-order valence-electron chi connectivity index (χ3n) is 2.67. The van der Waals surface area contributed by atoms with Crippen molar-refractivity contribution in [3.05, 3.63) is 11.6 Å². The van der Waals surface area contributed by atoms with Gasteiger partial charge in [-0.25, -0.2) is 0 Å². The van der Waals surface area contributed by atoms with Gasteiger partial charge in [-0.1, -0.05) is 13.0 Å². The van der Waals surface area contributed by atoms with Crippen LogP contribution in [0.25, 0.3) is 0 Å². The van der Waals surface area contributed by atoms with Crippen molar-refractivity contribution in [2.75, 3.05) is 13.1 Å². The highest BCUT2D eigenvalue weighted by Crippen LogP contribution is 2.15. The summed E-state index contributed by atoms with van der Waals surface area (Å²) in [6.07, 6.45) is 3.66. The first-order valence-electron chi connectivity index (χ1n) is 5.32. The van der Waals surface area contributed by atoms with Gasteiger partial charge in [0.15, 0.2) is 11.8 Å². The number of Topliss-reactive ketones (excluding diaryl/α,β-unsaturated/α-hetero) is 1. The second-order valence-corrected chi connectivity index (χ2v) is 3.85. The van der Waals surface area contributed by atoms with Crippen LogP contribution in [-0.2, 0) is 9.59 Å². The van der Waals surface area contributed by atoms with Crippen molar-refractivity contribution in [2.45, 2.75) is 32.7 Å². The molecule has 4 heteroatoms. The van der Waals surface area contributed by atoms with E-state index in [9.17, 15) is 9.59 Å². The van der Waals surface area contributed by atoms with Crippen LogP contribution < -0.4 is 5.73 Å². The molecule has 0 bridgehead atoms. The molecule has 0 spiro atoms. The summed E-state index contributed by atoms with van der Waals surface area (Å²) in [6, 6.07) is -0.749. The van der Waals surface area contributed by atoms with Gasteiger partial charge >= 0.3 is 0 Å². The molecule has 0 aromatic heterocycles. The Kier molecular flexibility index (Phi) is 4.03. The summed E-state index contributed by atoms with van der Waals surface area (Å²) in [5.74, 6) is -0.687. The van der Waals surface area contributed by atoms with Crippen LogP contribution in [0.4, 0.5) is 0 Å². The summed E-state index contributed by atoms with van der Waals surface area (Å²) in [4.78, 5) is 24.9. The zero-order chi connectivity index (χ0) is 11.4. The van der Waals surface area contributed by atoms with Crippen molar-refractivity contribution >= 4 is 11.7 Å². The number of nitrogens with zero attached hydrogens (tertiary/aromatic N) is 1. The SMILES string of the molecule is CCC=C(C)C(=O)C(C(N)=O)N1CCC1. The number of nitrogens with two attached hydrogens (primary N) is 1. The molecular weight excluding hydrogens is 192 g/mol. The minimum absolute atomic E-state index is 0.149. The first-order valence-corrected chi connectivity index (χ1v) is 5.32. The van der Waals surface area contributed by atoms with Crippen molar-refractivity contribution in [3.63, 3.8) is 0 Å². The quantitative estimate of drug-likeness (QED) is 0.530. The van der Waals surface area contributed by atoms with E-state index in [0.717, 1.165) is 25.9 Å². The Morgan fingerprint density at radius 2 is 2.07 bits per heavy atom. The minimum atomic E-state index is -0.749. The van der Waals surface area contributed by atoms with Crippen LogP contribution in [-0.4, -0.2) is 35.7 Å². The van der Waals surface area contributed by atoms with E-state index in [1.165, 1.54) is 0 Å². The molecule has 1 aliphatic rings. The fraction of sp³-hybridized carbons (Fsp3) is 0.636. The van der Waals surface area contributed by atoms with Gasteiger partial charge in [0.05, 0.1) is 0 Å². The normalized spacial score (nSPS) is 19.5. The Labute approximate surface area is 90.1 Å². The van der Waals surface area contributed by atoms with Gasteiger partial charge in [-0.05, 0) is 25.3 Å². The van der Waals surface area contributed by atoms with Crippen molar-refractivity contribution < 1.29 is 9.59 Å². The lowest BCUT2D eigenvalue weighted by Gasteiger charge is -2.35. The van der Waals surface area contributed by atoms with Crippen LogP contribution >= 0.6 is 0 Å². The molecule has 1 saturated heterocycles. The molecule has 84 valence electrons. The number of carbonyl (C=O) groups excluding carboxylic acids is 2. The van der Waals surface area contributed by atoms with E-state index in [0.29, 0.717) is 5.57 Å². The summed E-state index contributed by atoms with van der Waals surface area (Å²) in [5.41, 5.74) is 5.89. The van der Waals surface area contributed by atoms with Crippen LogP contribution in [0, 0.1) is 0 Å². The molecule has 1 fully saturated rings. The third kappa shape index (κ3) is 2.65. The van der Waals surface area contributed by atoms with Crippen LogP contribution in [0.15, 0.2) is 11.6 Å². The van der Waals surface area contributed by atoms with Crippen LogP contribution in [0.1, 0.15) is 26.7 Å². The van der Waals surface area contributed by atoms with Gasteiger partial charge < -0.3 is 5.73 Å². The molecule has 15 heavy (non-hydrogen) atoms. The van der Waals surface area contributed by atoms with Gasteiger partial charge in [0.1, 0.15) is 0 Å². The Hall–Kier alpha value is -1.16. The first-order chi connectivity index (χ1) is 7.07. The molecule has 1 heterocycles. The molecular formula is C11H18N2O2. The van der Waals surface area contributed by atoms with Gasteiger partial charge in [0, 0.05) is 13.1 Å². The largest absolute Gasteiger partial charge is 0.368 e. The molecule has 0 aromatic rings. The van der Waals surface area contributed by atoms with Crippen molar-refractivity contribution in [2.24, 2.45) is 5.73 Å². The van der Waals surface area contributed by atoms with Crippen molar-refractivity contribution in [1.82, 2.24) is 4.90 Å².